The van der Waals surface area contributed by atoms with Gasteiger partial charge in [-0.1, -0.05) is 30.3 Å². The number of rotatable bonds is 6. The quantitative estimate of drug-likeness (QED) is 0.466. The first-order chi connectivity index (χ1) is 14.5. The Bertz CT molecular complexity index is 1030. The molecule has 3 heterocycles. The van der Waals surface area contributed by atoms with E-state index in [0.29, 0.717) is 23.5 Å². The zero-order valence-electron chi connectivity index (χ0n) is 16.6. The van der Waals surface area contributed by atoms with Crippen molar-refractivity contribution in [3.63, 3.8) is 0 Å². The van der Waals surface area contributed by atoms with Crippen LogP contribution in [0.4, 0.5) is 5.82 Å². The summed E-state index contributed by atoms with van der Waals surface area (Å²) in [5, 5.41) is 26.7. The lowest BCUT2D eigenvalue weighted by molar-refractivity contribution is -0.137. The topological polar surface area (TPSA) is 134 Å². The third kappa shape index (κ3) is 3.60. The molecule has 1 saturated heterocycles. The van der Waals surface area contributed by atoms with Crippen molar-refractivity contribution < 1.29 is 19.7 Å². The van der Waals surface area contributed by atoms with Crippen LogP contribution in [0.25, 0.3) is 11.2 Å². The van der Waals surface area contributed by atoms with Gasteiger partial charge in [-0.25, -0.2) is 15.0 Å². The fraction of sp³-hybridized carbons (Fsp3) is 0.400. The second-order valence-electron chi connectivity index (χ2n) is 7.15. The molecule has 10 nitrogen and oxygen atoms in total. The number of carbonyl (C=O) groups excluding carboxylic acids is 1. The summed E-state index contributed by atoms with van der Waals surface area (Å²) in [6.45, 7) is 4.16. The molecule has 3 aromatic rings. The van der Waals surface area contributed by atoms with Crippen molar-refractivity contribution in [2.45, 2.75) is 44.4 Å². The number of nitrogens with one attached hydrogen (secondary N) is 2. The van der Waals surface area contributed by atoms with E-state index in [1.54, 1.807) is 6.92 Å². The number of fused-ring (bicyclic) bond motifs is 1. The van der Waals surface area contributed by atoms with Gasteiger partial charge in [-0.2, -0.15) is 0 Å². The number of benzene rings is 1. The fourth-order valence-electron chi connectivity index (χ4n) is 3.55. The summed E-state index contributed by atoms with van der Waals surface area (Å²) in [5.41, 5.74) is 2.00. The van der Waals surface area contributed by atoms with Gasteiger partial charge in [-0.05, 0) is 19.4 Å². The second-order valence-corrected chi connectivity index (χ2v) is 7.15. The van der Waals surface area contributed by atoms with Gasteiger partial charge >= 0.3 is 0 Å². The molecule has 0 aliphatic carbocycles. The zero-order chi connectivity index (χ0) is 21.3. The van der Waals surface area contributed by atoms with Crippen LogP contribution in [0.15, 0.2) is 43.0 Å². The first kappa shape index (κ1) is 20.2. The molecule has 0 bridgehead atoms. The Morgan fingerprint density at radius 3 is 2.70 bits per heavy atom. The minimum atomic E-state index is -1.36. The maximum atomic E-state index is 12.1. The van der Waals surface area contributed by atoms with E-state index in [4.69, 9.17) is 4.74 Å². The number of hydrogen-bond acceptors (Lipinski definition) is 8. The summed E-state index contributed by atoms with van der Waals surface area (Å²) in [6, 6.07) is 9.89. The highest BCUT2D eigenvalue weighted by Gasteiger charge is 2.47. The molecule has 4 rings (SSSR count). The number of aliphatic hydroxyl groups excluding tert-OH is 2. The Labute approximate surface area is 172 Å². The summed E-state index contributed by atoms with van der Waals surface area (Å²) >= 11 is 0. The van der Waals surface area contributed by atoms with E-state index >= 15 is 0 Å². The summed E-state index contributed by atoms with van der Waals surface area (Å²) in [5.74, 6) is 0.0491. The molecule has 158 valence electrons. The van der Waals surface area contributed by atoms with Gasteiger partial charge in [0.25, 0.3) is 5.91 Å². The van der Waals surface area contributed by atoms with Crippen molar-refractivity contribution in [2.24, 2.45) is 0 Å². The van der Waals surface area contributed by atoms with Gasteiger partial charge in [0, 0.05) is 6.54 Å². The van der Waals surface area contributed by atoms with Crippen LogP contribution in [0.2, 0.25) is 0 Å². The number of ether oxygens (including phenoxy) is 1. The van der Waals surface area contributed by atoms with Crippen molar-refractivity contribution in [3.8, 4) is 0 Å². The average Bonchev–Trinajstić information content (AvgIpc) is 3.31. The molecule has 0 saturated carbocycles. The van der Waals surface area contributed by atoms with Crippen molar-refractivity contribution in [1.82, 2.24) is 24.8 Å². The minimum absolute atomic E-state index is 0.0216. The maximum Gasteiger partial charge on any atom is 0.252 e. The molecule has 1 unspecified atom stereocenters. The second kappa shape index (κ2) is 8.34. The molecule has 10 heteroatoms. The molecule has 5 atom stereocenters. The standard InChI is InChI=1S/C20H24N6O4/c1-3-21-19(29)16-14(27)15(28)20(30-16)26-10-24-13-17(22-9-23-18(13)26)25-11(2)12-7-5-4-6-8-12/h4-11,14-16,20,27-28H,3H2,1-2H3,(H,21,29)(H,22,23,25)/t11?,14-,15+,16-,20+/m0/s1. The van der Waals surface area contributed by atoms with Crippen molar-refractivity contribution >= 4 is 22.9 Å². The normalized spacial score (nSPS) is 24.7. The number of aliphatic hydroxyl groups is 2. The lowest BCUT2D eigenvalue weighted by Crippen LogP contribution is -2.42. The number of anilines is 1. The van der Waals surface area contributed by atoms with Crippen LogP contribution in [0, 0.1) is 0 Å². The van der Waals surface area contributed by atoms with Crippen LogP contribution in [0.5, 0.6) is 0 Å². The van der Waals surface area contributed by atoms with Gasteiger partial charge in [-0.15, -0.1) is 0 Å². The van der Waals surface area contributed by atoms with Crippen LogP contribution in [0.3, 0.4) is 0 Å². The van der Waals surface area contributed by atoms with E-state index in [1.807, 2.05) is 37.3 Å². The van der Waals surface area contributed by atoms with Crippen LogP contribution in [-0.2, 0) is 9.53 Å². The summed E-state index contributed by atoms with van der Waals surface area (Å²) in [7, 11) is 0. The molecule has 1 fully saturated rings. The molecular formula is C20H24N6O4. The van der Waals surface area contributed by atoms with Gasteiger partial charge in [0.05, 0.1) is 12.4 Å². The van der Waals surface area contributed by atoms with Crippen LogP contribution < -0.4 is 10.6 Å². The van der Waals surface area contributed by atoms with Gasteiger partial charge in [0.1, 0.15) is 18.5 Å². The number of nitrogens with zero attached hydrogens (tertiary/aromatic N) is 4. The fourth-order valence-corrected chi connectivity index (χ4v) is 3.55. The molecule has 30 heavy (non-hydrogen) atoms. The molecule has 2 aromatic heterocycles. The summed E-state index contributed by atoms with van der Waals surface area (Å²) in [6.07, 6.45) is -2.02. The maximum absolute atomic E-state index is 12.1. The molecule has 0 radical (unpaired) electrons. The predicted molar refractivity (Wildman–Crippen MR) is 108 cm³/mol. The SMILES string of the molecule is CCNC(=O)[C@H]1O[C@@H](n2cnc3c(NC(C)c4ccccc4)ncnc32)[C@H](O)[C@@H]1O. The van der Waals surface area contributed by atoms with Crippen molar-refractivity contribution in [2.75, 3.05) is 11.9 Å². The van der Waals surface area contributed by atoms with E-state index in [-0.39, 0.29) is 6.04 Å². The Balaban J connectivity index is 1.61. The highest BCUT2D eigenvalue weighted by Crippen LogP contribution is 2.33. The van der Waals surface area contributed by atoms with Gasteiger partial charge in [0.2, 0.25) is 0 Å². The first-order valence-electron chi connectivity index (χ1n) is 9.79. The average molecular weight is 412 g/mol. The number of likely N-dealkylation sites (N-methyl/N-ethyl adjacent to an activating group) is 1. The third-order valence-corrected chi connectivity index (χ3v) is 5.13. The lowest BCUT2D eigenvalue weighted by Gasteiger charge is -2.17. The lowest BCUT2D eigenvalue weighted by atomic mass is 10.1. The molecule has 1 aliphatic heterocycles. The Morgan fingerprint density at radius 2 is 1.97 bits per heavy atom. The van der Waals surface area contributed by atoms with Crippen LogP contribution >= 0.6 is 0 Å². The number of aromatic nitrogens is 4. The van der Waals surface area contributed by atoms with E-state index in [1.165, 1.54) is 17.2 Å². The van der Waals surface area contributed by atoms with Gasteiger partial charge in [0.15, 0.2) is 29.3 Å². The summed E-state index contributed by atoms with van der Waals surface area (Å²) in [4.78, 5) is 25.1. The molecule has 1 aromatic carbocycles. The molecule has 0 spiro atoms. The van der Waals surface area contributed by atoms with Gasteiger partial charge in [-0.3, -0.25) is 9.36 Å². The van der Waals surface area contributed by atoms with E-state index in [0.717, 1.165) is 5.56 Å². The highest BCUT2D eigenvalue weighted by molar-refractivity contribution is 5.83. The van der Waals surface area contributed by atoms with E-state index in [9.17, 15) is 15.0 Å². The van der Waals surface area contributed by atoms with Gasteiger partial charge < -0.3 is 25.6 Å². The molecular weight excluding hydrogens is 388 g/mol. The smallest absolute Gasteiger partial charge is 0.252 e. The Hall–Kier alpha value is -3.08. The zero-order valence-corrected chi connectivity index (χ0v) is 16.6. The van der Waals surface area contributed by atoms with Crippen LogP contribution in [-0.4, -0.2) is 60.5 Å². The molecule has 1 aliphatic rings. The van der Waals surface area contributed by atoms with Crippen molar-refractivity contribution in [1.29, 1.82) is 0 Å². The first-order valence-corrected chi connectivity index (χ1v) is 9.79. The Kier molecular flexibility index (Phi) is 5.62. The number of hydrogen-bond donors (Lipinski definition) is 4. The minimum Gasteiger partial charge on any atom is -0.387 e. The number of carbonyl (C=O) groups is 1. The van der Waals surface area contributed by atoms with Crippen LogP contribution in [0.1, 0.15) is 31.7 Å². The largest absolute Gasteiger partial charge is 0.387 e. The Morgan fingerprint density at radius 1 is 1.20 bits per heavy atom. The highest BCUT2D eigenvalue weighted by atomic mass is 16.6. The van der Waals surface area contributed by atoms with Crippen molar-refractivity contribution in [3.05, 3.63) is 48.5 Å². The molecule has 1 amide bonds. The molecule has 4 N–H and O–H groups in total. The summed E-state index contributed by atoms with van der Waals surface area (Å²) < 4.78 is 7.18. The van der Waals surface area contributed by atoms with E-state index < -0.39 is 30.4 Å². The van der Waals surface area contributed by atoms with E-state index in [2.05, 4.69) is 25.6 Å². The third-order valence-electron chi connectivity index (χ3n) is 5.13. The monoisotopic (exact) mass is 412 g/mol. The predicted octanol–water partition coefficient (Wildman–Crippen LogP) is 0.755. The number of amides is 1. The number of imidazole rings is 1.